The van der Waals surface area contributed by atoms with Crippen LogP contribution < -0.4 is 10.9 Å². The third-order valence-electron chi connectivity index (χ3n) is 4.36. The van der Waals surface area contributed by atoms with Gasteiger partial charge in [0.2, 0.25) is 5.91 Å². The van der Waals surface area contributed by atoms with E-state index in [2.05, 4.69) is 5.32 Å². The number of hydrogen-bond acceptors (Lipinski definition) is 3. The molecule has 1 aliphatic rings. The van der Waals surface area contributed by atoms with Gasteiger partial charge in [0.05, 0.1) is 5.56 Å². The molecule has 6 nitrogen and oxygen atoms in total. The second-order valence-electron chi connectivity index (χ2n) is 6.53. The van der Waals surface area contributed by atoms with E-state index in [1.54, 1.807) is 20.3 Å². The third-order valence-corrected chi connectivity index (χ3v) is 4.36. The van der Waals surface area contributed by atoms with Crippen LogP contribution in [0, 0.1) is 5.92 Å². The SMILES string of the molecule is CN(C)C(=O)c1cn(CC2CNC(=O)C2)c(=O)cc1-c1ccccc1. The first-order chi connectivity index (χ1) is 12.0. The van der Waals surface area contributed by atoms with Gasteiger partial charge in [0.25, 0.3) is 11.5 Å². The number of benzene rings is 1. The van der Waals surface area contributed by atoms with Crippen LogP contribution in [0.1, 0.15) is 16.8 Å². The first-order valence-corrected chi connectivity index (χ1v) is 8.24. The molecule has 1 fully saturated rings. The summed E-state index contributed by atoms with van der Waals surface area (Å²) in [4.78, 5) is 38.1. The van der Waals surface area contributed by atoms with Crippen LogP contribution in [0.3, 0.4) is 0 Å². The third kappa shape index (κ3) is 3.63. The summed E-state index contributed by atoms with van der Waals surface area (Å²) >= 11 is 0. The van der Waals surface area contributed by atoms with E-state index in [-0.39, 0.29) is 23.3 Å². The zero-order chi connectivity index (χ0) is 18.0. The molecule has 0 saturated carbocycles. The number of pyridine rings is 1. The van der Waals surface area contributed by atoms with Gasteiger partial charge in [-0.05, 0) is 5.56 Å². The van der Waals surface area contributed by atoms with E-state index in [1.165, 1.54) is 15.5 Å². The van der Waals surface area contributed by atoms with Gasteiger partial charge in [-0.1, -0.05) is 30.3 Å². The summed E-state index contributed by atoms with van der Waals surface area (Å²) in [6, 6.07) is 10.9. The largest absolute Gasteiger partial charge is 0.356 e. The van der Waals surface area contributed by atoms with Gasteiger partial charge in [0.15, 0.2) is 0 Å². The predicted octanol–water partition coefficient (Wildman–Crippen LogP) is 1.35. The molecule has 25 heavy (non-hydrogen) atoms. The van der Waals surface area contributed by atoms with E-state index < -0.39 is 0 Å². The maximum Gasteiger partial charge on any atom is 0.255 e. The smallest absolute Gasteiger partial charge is 0.255 e. The highest BCUT2D eigenvalue weighted by Gasteiger charge is 2.23. The quantitative estimate of drug-likeness (QED) is 0.914. The molecule has 1 N–H and O–H groups in total. The fourth-order valence-corrected chi connectivity index (χ4v) is 3.06. The van der Waals surface area contributed by atoms with Crippen molar-refractivity contribution in [1.29, 1.82) is 0 Å². The molecule has 1 aromatic carbocycles. The highest BCUT2D eigenvalue weighted by molar-refractivity contribution is 6.00. The molecule has 0 aliphatic carbocycles. The fraction of sp³-hybridized carbons (Fsp3) is 0.316. The number of nitrogens with one attached hydrogen (secondary N) is 1. The minimum absolute atomic E-state index is 0.00328. The van der Waals surface area contributed by atoms with Gasteiger partial charge >= 0.3 is 0 Å². The van der Waals surface area contributed by atoms with Crippen molar-refractivity contribution in [1.82, 2.24) is 14.8 Å². The molecule has 0 bridgehead atoms. The molecule has 6 heteroatoms. The first-order valence-electron chi connectivity index (χ1n) is 8.24. The maximum absolute atomic E-state index is 12.6. The van der Waals surface area contributed by atoms with Gasteiger partial charge in [0.1, 0.15) is 0 Å². The second-order valence-corrected chi connectivity index (χ2v) is 6.53. The number of nitrogens with zero attached hydrogens (tertiary/aromatic N) is 2. The summed E-state index contributed by atoms with van der Waals surface area (Å²) in [5.41, 5.74) is 1.76. The zero-order valence-corrected chi connectivity index (χ0v) is 14.4. The van der Waals surface area contributed by atoms with Crippen LogP contribution in [0.4, 0.5) is 0 Å². The molecule has 1 unspecified atom stereocenters. The Morgan fingerprint density at radius 3 is 2.56 bits per heavy atom. The molecule has 3 rings (SSSR count). The van der Waals surface area contributed by atoms with Crippen LogP contribution in [0.15, 0.2) is 47.4 Å². The Kier molecular flexibility index (Phi) is 4.70. The summed E-state index contributed by atoms with van der Waals surface area (Å²) in [5.74, 6) is -0.0909. The number of rotatable bonds is 4. The van der Waals surface area contributed by atoms with Gasteiger partial charge in [-0.25, -0.2) is 0 Å². The lowest BCUT2D eigenvalue weighted by Crippen LogP contribution is -2.29. The highest BCUT2D eigenvalue weighted by Crippen LogP contribution is 2.23. The molecular weight excluding hydrogens is 318 g/mol. The van der Waals surface area contributed by atoms with Gasteiger partial charge in [-0.2, -0.15) is 0 Å². The second kappa shape index (κ2) is 6.93. The molecule has 0 radical (unpaired) electrons. The zero-order valence-electron chi connectivity index (χ0n) is 14.4. The Labute approximate surface area is 146 Å². The fourth-order valence-electron chi connectivity index (χ4n) is 3.06. The Hall–Kier alpha value is -2.89. The minimum atomic E-state index is -0.173. The topological polar surface area (TPSA) is 71.4 Å². The van der Waals surface area contributed by atoms with Crippen molar-refractivity contribution in [3.63, 3.8) is 0 Å². The Morgan fingerprint density at radius 2 is 1.96 bits per heavy atom. The molecule has 1 atom stereocenters. The predicted molar refractivity (Wildman–Crippen MR) is 95.3 cm³/mol. The molecular formula is C19H21N3O3. The number of aromatic nitrogens is 1. The van der Waals surface area contributed by atoms with Crippen molar-refractivity contribution >= 4 is 11.8 Å². The van der Waals surface area contributed by atoms with Gasteiger partial charge in [-0.15, -0.1) is 0 Å². The van der Waals surface area contributed by atoms with Gasteiger partial charge in [-0.3, -0.25) is 14.4 Å². The van der Waals surface area contributed by atoms with Crippen molar-refractivity contribution in [2.45, 2.75) is 13.0 Å². The monoisotopic (exact) mass is 339 g/mol. The van der Waals surface area contributed by atoms with Gasteiger partial charge < -0.3 is 14.8 Å². The Morgan fingerprint density at radius 1 is 1.24 bits per heavy atom. The average molecular weight is 339 g/mol. The molecule has 1 aromatic heterocycles. The summed E-state index contributed by atoms with van der Waals surface area (Å²) in [5, 5.41) is 2.77. The number of amides is 2. The van der Waals surface area contributed by atoms with E-state index in [0.29, 0.717) is 30.6 Å². The summed E-state index contributed by atoms with van der Waals surface area (Å²) < 4.78 is 1.54. The summed E-state index contributed by atoms with van der Waals surface area (Å²) in [7, 11) is 3.37. The maximum atomic E-state index is 12.6. The van der Waals surface area contributed by atoms with Gasteiger partial charge in [0, 0.05) is 57.4 Å². The van der Waals surface area contributed by atoms with Crippen LogP contribution in [0.25, 0.3) is 11.1 Å². The number of carbonyl (C=O) groups is 2. The van der Waals surface area contributed by atoms with Crippen molar-refractivity contribution in [3.05, 3.63) is 58.5 Å². The van der Waals surface area contributed by atoms with Crippen molar-refractivity contribution in [2.24, 2.45) is 5.92 Å². The Bertz CT molecular complexity index is 856. The van der Waals surface area contributed by atoms with Crippen LogP contribution >= 0.6 is 0 Å². The first kappa shape index (κ1) is 17.0. The standard InChI is InChI=1S/C19H21N3O3/c1-21(2)19(25)16-12-22(11-13-8-17(23)20-10-13)18(24)9-15(16)14-6-4-3-5-7-14/h3-7,9,12-13H,8,10-11H2,1-2H3,(H,20,23). The van der Waals surface area contributed by atoms with Crippen molar-refractivity contribution in [2.75, 3.05) is 20.6 Å². The molecule has 1 saturated heterocycles. The molecule has 2 amide bonds. The lowest BCUT2D eigenvalue weighted by Gasteiger charge is -2.17. The molecule has 2 aromatic rings. The van der Waals surface area contributed by atoms with E-state index in [9.17, 15) is 14.4 Å². The molecule has 2 heterocycles. The van der Waals surface area contributed by atoms with E-state index in [1.807, 2.05) is 30.3 Å². The molecule has 0 spiro atoms. The summed E-state index contributed by atoms with van der Waals surface area (Å²) in [6.45, 7) is 0.975. The Balaban J connectivity index is 2.04. The number of hydrogen-bond donors (Lipinski definition) is 1. The highest BCUT2D eigenvalue weighted by atomic mass is 16.2. The van der Waals surface area contributed by atoms with Crippen LogP contribution in [-0.2, 0) is 11.3 Å². The van der Waals surface area contributed by atoms with Crippen LogP contribution in [0.5, 0.6) is 0 Å². The normalized spacial score (nSPS) is 16.6. The minimum Gasteiger partial charge on any atom is -0.356 e. The average Bonchev–Trinajstić information content (AvgIpc) is 3.01. The van der Waals surface area contributed by atoms with Crippen molar-refractivity contribution < 1.29 is 9.59 Å². The summed E-state index contributed by atoms with van der Waals surface area (Å²) in [6.07, 6.45) is 2.03. The van der Waals surface area contributed by atoms with Crippen LogP contribution in [-0.4, -0.2) is 41.9 Å². The van der Waals surface area contributed by atoms with Crippen LogP contribution in [0.2, 0.25) is 0 Å². The lowest BCUT2D eigenvalue weighted by atomic mass is 10.0. The van der Waals surface area contributed by atoms with Crippen molar-refractivity contribution in [3.8, 4) is 11.1 Å². The lowest BCUT2D eigenvalue weighted by molar-refractivity contribution is -0.119. The molecule has 1 aliphatic heterocycles. The number of carbonyl (C=O) groups excluding carboxylic acids is 2. The van der Waals surface area contributed by atoms with E-state index >= 15 is 0 Å². The van der Waals surface area contributed by atoms with E-state index in [0.717, 1.165) is 5.56 Å². The molecule has 130 valence electrons. The van der Waals surface area contributed by atoms with E-state index in [4.69, 9.17) is 0 Å².